The molecule has 0 aliphatic heterocycles. The van der Waals surface area contributed by atoms with Gasteiger partial charge >= 0.3 is 0 Å². The van der Waals surface area contributed by atoms with E-state index in [2.05, 4.69) is 42.4 Å². The van der Waals surface area contributed by atoms with Crippen molar-refractivity contribution < 1.29 is 4.21 Å². The van der Waals surface area contributed by atoms with Crippen molar-refractivity contribution in [1.29, 1.82) is 0 Å². The van der Waals surface area contributed by atoms with Gasteiger partial charge in [-0.3, -0.25) is 4.21 Å². The first-order valence-electron chi connectivity index (χ1n) is 8.15. The normalized spacial score (nSPS) is 12.4. The lowest BCUT2D eigenvalue weighted by Crippen LogP contribution is -2.24. The van der Waals surface area contributed by atoms with E-state index < -0.39 is 10.8 Å². The maximum atomic E-state index is 11.4. The molecular formula is C19H26IN3OS. The number of guanidine groups is 1. The summed E-state index contributed by atoms with van der Waals surface area (Å²) < 4.78 is 11.4. The Bertz CT molecular complexity index is 723. The van der Waals surface area contributed by atoms with Crippen molar-refractivity contribution in [2.24, 2.45) is 10.7 Å². The van der Waals surface area contributed by atoms with Gasteiger partial charge in [0, 0.05) is 27.6 Å². The van der Waals surface area contributed by atoms with Crippen LogP contribution < -0.4 is 11.1 Å². The summed E-state index contributed by atoms with van der Waals surface area (Å²) in [5.74, 6) is 0.411. The Morgan fingerprint density at radius 3 is 2.12 bits per heavy atom. The zero-order valence-electron chi connectivity index (χ0n) is 14.9. The van der Waals surface area contributed by atoms with Crippen LogP contribution in [0.25, 0.3) is 0 Å². The molecule has 0 fully saturated rings. The molecule has 0 radical (unpaired) electrons. The molecule has 0 bridgehead atoms. The minimum Gasteiger partial charge on any atom is -0.370 e. The second-order valence-corrected chi connectivity index (χ2v) is 6.96. The van der Waals surface area contributed by atoms with Crippen LogP contribution in [0.2, 0.25) is 0 Å². The first-order chi connectivity index (χ1) is 11.5. The van der Waals surface area contributed by atoms with Crippen molar-refractivity contribution in [2.45, 2.75) is 38.1 Å². The number of rotatable bonds is 6. The summed E-state index contributed by atoms with van der Waals surface area (Å²) in [5, 5.41) is 3.26. The van der Waals surface area contributed by atoms with Crippen LogP contribution >= 0.6 is 24.0 Å². The van der Waals surface area contributed by atoms with Crippen LogP contribution in [0, 0.1) is 0 Å². The van der Waals surface area contributed by atoms with E-state index in [0.29, 0.717) is 12.5 Å². The number of hydrogen-bond acceptors (Lipinski definition) is 2. The SMILES string of the molecule is CCc1cccc(CC)c1NC(N)=NCc1ccc(S(C)=O)cc1.I. The van der Waals surface area contributed by atoms with E-state index in [1.54, 1.807) is 6.26 Å². The number of para-hydroxylation sites is 1. The van der Waals surface area contributed by atoms with Gasteiger partial charge in [0.2, 0.25) is 0 Å². The van der Waals surface area contributed by atoms with E-state index in [1.165, 1.54) is 11.1 Å². The van der Waals surface area contributed by atoms with Crippen molar-refractivity contribution in [2.75, 3.05) is 11.6 Å². The van der Waals surface area contributed by atoms with E-state index in [9.17, 15) is 4.21 Å². The lowest BCUT2D eigenvalue weighted by molar-refractivity contribution is 0.687. The summed E-state index contributed by atoms with van der Waals surface area (Å²) in [6.45, 7) is 4.75. The zero-order valence-corrected chi connectivity index (χ0v) is 18.1. The number of benzene rings is 2. The molecule has 1 atom stereocenters. The molecule has 0 spiro atoms. The number of aliphatic imine (C=N–C) groups is 1. The number of hydrogen-bond donors (Lipinski definition) is 2. The van der Waals surface area contributed by atoms with Crippen LogP contribution in [-0.2, 0) is 30.2 Å². The molecule has 1 unspecified atom stereocenters. The highest BCUT2D eigenvalue weighted by atomic mass is 127. The molecule has 0 aliphatic rings. The van der Waals surface area contributed by atoms with Gasteiger partial charge in [0.05, 0.1) is 6.54 Å². The zero-order chi connectivity index (χ0) is 17.5. The number of halogens is 1. The standard InChI is InChI=1S/C19H25N3OS.HI/c1-4-15-7-6-8-16(5-2)18(15)22-19(20)21-13-14-9-11-17(12-10-14)24(3)23;/h6-12H,4-5,13H2,1-3H3,(H3,20,21,22);1H. The quantitative estimate of drug-likeness (QED) is 0.379. The predicted octanol–water partition coefficient (Wildman–Crippen LogP) is 4.09. The highest BCUT2D eigenvalue weighted by Gasteiger charge is 2.07. The maximum Gasteiger partial charge on any atom is 0.193 e. The second kappa shape index (κ2) is 10.6. The number of anilines is 1. The molecule has 2 rings (SSSR count). The van der Waals surface area contributed by atoms with Gasteiger partial charge in [0.25, 0.3) is 0 Å². The van der Waals surface area contributed by atoms with Crippen LogP contribution in [0.5, 0.6) is 0 Å². The Hall–Kier alpha value is -1.41. The smallest absolute Gasteiger partial charge is 0.193 e. The van der Waals surface area contributed by atoms with Gasteiger partial charge in [0.1, 0.15) is 0 Å². The van der Waals surface area contributed by atoms with Gasteiger partial charge in [-0.25, -0.2) is 4.99 Å². The molecule has 0 aromatic heterocycles. The third kappa shape index (κ3) is 6.11. The molecule has 136 valence electrons. The Morgan fingerprint density at radius 2 is 1.64 bits per heavy atom. The Labute approximate surface area is 169 Å². The fraction of sp³-hybridized carbons (Fsp3) is 0.316. The van der Waals surface area contributed by atoms with Crippen LogP contribution in [-0.4, -0.2) is 16.4 Å². The molecule has 0 aliphatic carbocycles. The lowest BCUT2D eigenvalue weighted by atomic mass is 10.0. The van der Waals surface area contributed by atoms with E-state index in [4.69, 9.17) is 5.73 Å². The van der Waals surface area contributed by atoms with Crippen LogP contribution in [0.4, 0.5) is 5.69 Å². The summed E-state index contributed by atoms with van der Waals surface area (Å²) in [6.07, 6.45) is 3.56. The number of nitrogens with one attached hydrogen (secondary N) is 1. The molecule has 25 heavy (non-hydrogen) atoms. The molecular weight excluding hydrogens is 445 g/mol. The number of nitrogens with zero attached hydrogens (tertiary/aromatic N) is 1. The lowest BCUT2D eigenvalue weighted by Gasteiger charge is -2.14. The van der Waals surface area contributed by atoms with E-state index >= 15 is 0 Å². The molecule has 0 amide bonds. The summed E-state index contributed by atoms with van der Waals surface area (Å²) in [7, 11) is -0.957. The van der Waals surface area contributed by atoms with E-state index in [0.717, 1.165) is 29.0 Å². The monoisotopic (exact) mass is 471 g/mol. The van der Waals surface area contributed by atoms with Crippen LogP contribution in [0.3, 0.4) is 0 Å². The van der Waals surface area contributed by atoms with Gasteiger partial charge < -0.3 is 11.1 Å². The second-order valence-electron chi connectivity index (χ2n) is 5.58. The van der Waals surface area contributed by atoms with Gasteiger partial charge in [-0.05, 0) is 41.7 Å². The molecule has 6 heteroatoms. The van der Waals surface area contributed by atoms with Gasteiger partial charge in [-0.15, -0.1) is 24.0 Å². The predicted molar refractivity (Wildman–Crippen MR) is 118 cm³/mol. The Kier molecular flexibility index (Phi) is 9.13. The number of nitrogens with two attached hydrogens (primary N) is 1. The van der Waals surface area contributed by atoms with Crippen molar-refractivity contribution >= 4 is 46.4 Å². The third-order valence-corrected chi connectivity index (χ3v) is 4.88. The summed E-state index contributed by atoms with van der Waals surface area (Å²) in [4.78, 5) is 5.24. The van der Waals surface area contributed by atoms with Crippen LogP contribution in [0.1, 0.15) is 30.5 Å². The average Bonchev–Trinajstić information content (AvgIpc) is 2.60. The van der Waals surface area contributed by atoms with Crippen LogP contribution in [0.15, 0.2) is 52.4 Å². The van der Waals surface area contributed by atoms with Crippen molar-refractivity contribution in [1.82, 2.24) is 0 Å². The van der Waals surface area contributed by atoms with Gasteiger partial charge in [-0.2, -0.15) is 0 Å². The van der Waals surface area contributed by atoms with Crippen molar-refractivity contribution in [3.63, 3.8) is 0 Å². The van der Waals surface area contributed by atoms with E-state index in [-0.39, 0.29) is 24.0 Å². The highest BCUT2D eigenvalue weighted by molar-refractivity contribution is 14.0. The molecule has 2 aromatic carbocycles. The summed E-state index contributed by atoms with van der Waals surface area (Å²) >= 11 is 0. The van der Waals surface area contributed by atoms with Gasteiger partial charge in [-0.1, -0.05) is 44.2 Å². The largest absolute Gasteiger partial charge is 0.370 e. The Morgan fingerprint density at radius 1 is 1.08 bits per heavy atom. The minimum atomic E-state index is -0.957. The molecule has 0 heterocycles. The number of aryl methyl sites for hydroxylation is 2. The first kappa shape index (κ1) is 21.6. The van der Waals surface area contributed by atoms with Crippen molar-refractivity contribution in [3.8, 4) is 0 Å². The Balaban J connectivity index is 0.00000312. The van der Waals surface area contributed by atoms with E-state index in [1.807, 2.05) is 24.3 Å². The molecule has 4 nitrogen and oxygen atoms in total. The summed E-state index contributed by atoms with van der Waals surface area (Å²) in [6, 6.07) is 13.9. The maximum absolute atomic E-state index is 11.4. The fourth-order valence-electron chi connectivity index (χ4n) is 2.53. The fourth-order valence-corrected chi connectivity index (χ4v) is 3.05. The molecule has 3 N–H and O–H groups in total. The third-order valence-electron chi connectivity index (χ3n) is 3.94. The summed E-state index contributed by atoms with van der Waals surface area (Å²) in [5.41, 5.74) is 10.7. The van der Waals surface area contributed by atoms with Crippen molar-refractivity contribution in [3.05, 3.63) is 59.2 Å². The average molecular weight is 471 g/mol. The molecule has 0 saturated heterocycles. The topological polar surface area (TPSA) is 67.5 Å². The molecule has 2 aromatic rings. The van der Waals surface area contributed by atoms with Gasteiger partial charge in [0.15, 0.2) is 5.96 Å². The molecule has 0 saturated carbocycles. The minimum absolute atomic E-state index is 0. The first-order valence-corrected chi connectivity index (χ1v) is 9.71. The highest BCUT2D eigenvalue weighted by Crippen LogP contribution is 2.22.